The van der Waals surface area contributed by atoms with Gasteiger partial charge >= 0.3 is 11.4 Å². The van der Waals surface area contributed by atoms with Gasteiger partial charge in [-0.1, -0.05) is 30.3 Å². The van der Waals surface area contributed by atoms with E-state index >= 15 is 0 Å². The summed E-state index contributed by atoms with van der Waals surface area (Å²) >= 11 is 3.36. The van der Waals surface area contributed by atoms with E-state index in [1.807, 2.05) is 52.9 Å². The van der Waals surface area contributed by atoms with Crippen LogP contribution in [0, 0.1) is 3.57 Å². The summed E-state index contributed by atoms with van der Waals surface area (Å²) in [6.45, 7) is 0.333. The number of benzene rings is 1. The van der Waals surface area contributed by atoms with Gasteiger partial charge in [-0.3, -0.25) is 0 Å². The Balaban J connectivity index is 1.79. The number of fused-ring (bicyclic) bond motifs is 1. The molecule has 136 valence electrons. The van der Waals surface area contributed by atoms with Gasteiger partial charge in [-0.15, -0.1) is 11.3 Å². The second kappa shape index (κ2) is 7.37. The third-order valence-electron chi connectivity index (χ3n) is 4.26. The molecule has 0 saturated carbocycles. The SMILES string of the molecule is O=c1c(I)c(O)[n+](Cc2cnc(-c3ccccc3CO)s2)c2ccccn12. The Morgan fingerprint density at radius 3 is 2.78 bits per heavy atom. The molecule has 0 unspecified atom stereocenters. The Labute approximate surface area is 172 Å². The van der Waals surface area contributed by atoms with Crippen LogP contribution in [0.2, 0.25) is 0 Å². The van der Waals surface area contributed by atoms with E-state index in [4.69, 9.17) is 0 Å². The van der Waals surface area contributed by atoms with E-state index in [1.54, 1.807) is 29.1 Å². The predicted molar refractivity (Wildman–Crippen MR) is 111 cm³/mol. The lowest BCUT2D eigenvalue weighted by atomic mass is 10.1. The molecule has 0 fully saturated rings. The van der Waals surface area contributed by atoms with Gasteiger partial charge in [-0.2, -0.15) is 8.97 Å². The van der Waals surface area contributed by atoms with Gasteiger partial charge in [0.15, 0.2) is 3.57 Å². The van der Waals surface area contributed by atoms with Gasteiger partial charge in [-0.05, 0) is 34.2 Å². The van der Waals surface area contributed by atoms with Crippen molar-refractivity contribution in [1.82, 2.24) is 9.38 Å². The molecule has 0 aliphatic rings. The number of halogens is 1. The monoisotopic (exact) mass is 492 g/mol. The third-order valence-corrected chi connectivity index (χ3v) is 6.22. The Morgan fingerprint density at radius 1 is 1.19 bits per heavy atom. The van der Waals surface area contributed by atoms with E-state index in [0.717, 1.165) is 21.0 Å². The summed E-state index contributed by atoms with van der Waals surface area (Å²) in [6, 6.07) is 13.0. The number of nitrogens with zero attached hydrogens (tertiary/aromatic N) is 3. The molecule has 0 spiro atoms. The number of thiazole rings is 1. The van der Waals surface area contributed by atoms with Gasteiger partial charge in [0.1, 0.15) is 11.6 Å². The van der Waals surface area contributed by atoms with Gasteiger partial charge in [0.25, 0.3) is 5.65 Å². The lowest BCUT2D eigenvalue weighted by Crippen LogP contribution is -2.41. The number of aromatic hydroxyl groups is 1. The van der Waals surface area contributed by atoms with Crippen LogP contribution in [-0.2, 0) is 13.2 Å². The lowest BCUT2D eigenvalue weighted by Gasteiger charge is -2.06. The Bertz CT molecular complexity index is 1200. The van der Waals surface area contributed by atoms with Crippen molar-refractivity contribution in [2.24, 2.45) is 0 Å². The Morgan fingerprint density at radius 2 is 1.96 bits per heavy atom. The van der Waals surface area contributed by atoms with Gasteiger partial charge in [0.2, 0.25) is 0 Å². The predicted octanol–water partition coefficient (Wildman–Crippen LogP) is 2.56. The Kier molecular flexibility index (Phi) is 4.94. The topological polar surface area (TPSA) is 78.7 Å². The van der Waals surface area contributed by atoms with E-state index in [-0.39, 0.29) is 21.6 Å². The van der Waals surface area contributed by atoms with E-state index in [0.29, 0.717) is 12.2 Å². The molecular formula is C19H15IN3O3S+. The first kappa shape index (κ1) is 18.1. The van der Waals surface area contributed by atoms with Crippen molar-refractivity contribution in [3.8, 4) is 16.5 Å². The summed E-state index contributed by atoms with van der Waals surface area (Å²) < 4.78 is 3.48. The normalized spacial score (nSPS) is 11.2. The molecular weight excluding hydrogens is 477 g/mol. The minimum Gasteiger partial charge on any atom is -0.477 e. The van der Waals surface area contributed by atoms with Gasteiger partial charge in [-0.25, -0.2) is 9.78 Å². The second-order valence-corrected chi connectivity index (χ2v) is 8.10. The highest BCUT2D eigenvalue weighted by atomic mass is 127. The molecule has 0 saturated heterocycles. The van der Waals surface area contributed by atoms with E-state index in [1.165, 1.54) is 15.7 Å². The molecule has 2 N–H and O–H groups in total. The summed E-state index contributed by atoms with van der Waals surface area (Å²) in [4.78, 5) is 17.8. The molecule has 0 aliphatic carbocycles. The number of aromatic nitrogens is 3. The molecule has 0 atom stereocenters. The lowest BCUT2D eigenvalue weighted by molar-refractivity contribution is -0.672. The van der Waals surface area contributed by atoms with Gasteiger partial charge in [0.05, 0.1) is 17.7 Å². The zero-order chi connectivity index (χ0) is 19.0. The maximum atomic E-state index is 12.4. The molecule has 27 heavy (non-hydrogen) atoms. The van der Waals surface area contributed by atoms with Crippen LogP contribution in [0.1, 0.15) is 10.4 Å². The minimum absolute atomic E-state index is 0.0505. The van der Waals surface area contributed by atoms with Crippen molar-refractivity contribution in [2.45, 2.75) is 13.2 Å². The molecule has 3 heterocycles. The summed E-state index contributed by atoms with van der Waals surface area (Å²) in [5, 5.41) is 20.9. The molecule has 3 aromatic heterocycles. The molecule has 4 rings (SSSR count). The molecule has 6 nitrogen and oxygen atoms in total. The number of hydrogen-bond acceptors (Lipinski definition) is 5. The fraction of sp³-hybridized carbons (Fsp3) is 0.105. The summed E-state index contributed by atoms with van der Waals surface area (Å²) in [6.07, 6.45) is 3.45. The zero-order valence-corrected chi connectivity index (χ0v) is 17.0. The summed E-state index contributed by atoms with van der Waals surface area (Å²) in [5.74, 6) is -0.0579. The largest absolute Gasteiger partial charge is 0.477 e. The number of aliphatic hydroxyl groups excluding tert-OH is 1. The van der Waals surface area contributed by atoms with Crippen LogP contribution in [0.25, 0.3) is 16.2 Å². The van der Waals surface area contributed by atoms with Crippen LogP contribution in [0.4, 0.5) is 0 Å². The first-order valence-corrected chi connectivity index (χ1v) is 10.0. The highest BCUT2D eigenvalue weighted by molar-refractivity contribution is 14.1. The maximum Gasteiger partial charge on any atom is 0.359 e. The van der Waals surface area contributed by atoms with Crippen LogP contribution in [0.3, 0.4) is 0 Å². The second-order valence-electron chi connectivity index (χ2n) is 5.90. The molecule has 0 radical (unpaired) electrons. The minimum atomic E-state index is -0.248. The van der Waals surface area contributed by atoms with Crippen LogP contribution in [-0.4, -0.2) is 19.6 Å². The third kappa shape index (κ3) is 3.24. The van der Waals surface area contributed by atoms with E-state index in [2.05, 4.69) is 4.98 Å². The first-order valence-electron chi connectivity index (χ1n) is 8.15. The first-order chi connectivity index (χ1) is 13.1. The smallest absolute Gasteiger partial charge is 0.359 e. The quantitative estimate of drug-likeness (QED) is 0.339. The average Bonchev–Trinajstić information content (AvgIpc) is 3.18. The standard InChI is InChI=1S/C19H14IN3O3S/c20-16-18(25)22-8-4-3-7-15(22)23(19(16)26)10-13-9-21-17(27-13)14-6-2-1-5-12(14)11-24/h1-9,24H,10-11H2/p+1. The van der Waals surface area contributed by atoms with Gasteiger partial charge < -0.3 is 10.2 Å². The zero-order valence-electron chi connectivity index (χ0n) is 14.0. The number of rotatable bonds is 4. The van der Waals surface area contributed by atoms with Crippen LogP contribution in [0.15, 0.2) is 59.7 Å². The van der Waals surface area contributed by atoms with Crippen molar-refractivity contribution in [2.75, 3.05) is 0 Å². The fourth-order valence-corrected chi connectivity index (χ4v) is 4.45. The fourth-order valence-electron chi connectivity index (χ4n) is 2.94. The van der Waals surface area contributed by atoms with E-state index < -0.39 is 0 Å². The number of hydrogen-bond donors (Lipinski definition) is 2. The average molecular weight is 492 g/mol. The van der Waals surface area contributed by atoms with Crippen molar-refractivity contribution in [1.29, 1.82) is 0 Å². The van der Waals surface area contributed by atoms with E-state index in [9.17, 15) is 15.0 Å². The summed E-state index contributed by atoms with van der Waals surface area (Å²) in [5.41, 5.74) is 2.07. The molecule has 8 heteroatoms. The van der Waals surface area contributed by atoms with Crippen molar-refractivity contribution < 1.29 is 14.8 Å². The molecule has 0 bridgehead atoms. The highest BCUT2D eigenvalue weighted by Gasteiger charge is 2.22. The molecule has 4 aromatic rings. The number of aliphatic hydroxyl groups is 1. The van der Waals surface area contributed by atoms with Gasteiger partial charge in [0, 0.05) is 17.8 Å². The summed E-state index contributed by atoms with van der Waals surface area (Å²) in [7, 11) is 0. The van der Waals surface area contributed by atoms with Crippen LogP contribution < -0.4 is 10.1 Å². The van der Waals surface area contributed by atoms with Crippen LogP contribution in [0.5, 0.6) is 5.88 Å². The van der Waals surface area contributed by atoms with Crippen molar-refractivity contribution >= 4 is 39.6 Å². The molecule has 0 amide bonds. The Hall–Kier alpha value is -2.30. The number of pyridine rings is 1. The van der Waals surface area contributed by atoms with Crippen molar-refractivity contribution in [3.05, 3.63) is 79.2 Å². The maximum absolute atomic E-state index is 12.4. The molecule has 0 aliphatic heterocycles. The molecule has 1 aromatic carbocycles. The van der Waals surface area contributed by atoms with Crippen molar-refractivity contribution in [3.63, 3.8) is 0 Å². The van der Waals surface area contributed by atoms with Crippen LogP contribution >= 0.6 is 33.9 Å². The highest BCUT2D eigenvalue weighted by Crippen LogP contribution is 2.28.